The Hall–Kier alpha value is -2.47. The van der Waals surface area contributed by atoms with Crippen LogP contribution in [0.25, 0.3) is 0 Å². The lowest BCUT2D eigenvalue weighted by Crippen LogP contribution is -2.10. The normalized spacial score (nSPS) is 9.20. The maximum absolute atomic E-state index is 11.9. The highest BCUT2D eigenvalue weighted by atomic mass is 32.2. The van der Waals surface area contributed by atoms with Gasteiger partial charge in [-0.2, -0.15) is 0 Å². The van der Waals surface area contributed by atoms with Crippen LogP contribution in [0, 0.1) is 0 Å². The molecule has 0 amide bonds. The minimum atomic E-state index is -3.38. The maximum atomic E-state index is 11.9. The van der Waals surface area contributed by atoms with Crippen LogP contribution in [0.1, 0.15) is 0 Å². The van der Waals surface area contributed by atoms with E-state index < -0.39 is 10.0 Å². The number of aromatic nitrogens is 1. The minimum Gasteiger partial charge on any atom is -0.295 e. The first-order chi connectivity index (χ1) is 9.62. The molecule has 5 nitrogen and oxygen atoms in total. The number of carbonyl (C=O) groups is 2. The molecule has 0 aliphatic rings. The molecule has 0 unspecified atom stereocenters. The quantitative estimate of drug-likeness (QED) is 0.492. The van der Waals surface area contributed by atoms with Crippen LogP contribution < -0.4 is 0 Å². The first-order valence-electron chi connectivity index (χ1n) is 5.45. The Bertz CT molecular complexity index is 598. The van der Waals surface area contributed by atoms with Gasteiger partial charge in [0.15, 0.2) is 12.6 Å². The number of hydrogen-bond donors (Lipinski definition) is 0. The summed E-state index contributed by atoms with van der Waals surface area (Å²) in [6.07, 6.45) is 3.42. The van der Waals surface area contributed by atoms with Gasteiger partial charge in [-0.1, -0.05) is 18.2 Å². The number of aldehydes is 2. The molecule has 0 fully saturated rings. The third-order valence-electron chi connectivity index (χ3n) is 1.95. The summed E-state index contributed by atoms with van der Waals surface area (Å²) < 4.78 is 24.9. The van der Waals surface area contributed by atoms with Crippen molar-refractivity contribution in [1.29, 1.82) is 0 Å². The van der Waals surface area contributed by atoms with Gasteiger partial charge in [-0.05, 0) is 24.3 Å². The van der Waals surface area contributed by atoms with Gasteiger partial charge in [0, 0.05) is 12.4 Å². The molecule has 0 aliphatic carbocycles. The number of rotatable bonds is 3. The monoisotopic (exact) mass is 293 g/mol. The molecule has 1 aromatic heterocycles. The third kappa shape index (κ3) is 5.03. The summed E-state index contributed by atoms with van der Waals surface area (Å²) in [5, 5.41) is 0. The zero-order valence-corrected chi connectivity index (χ0v) is 11.6. The molecule has 0 aliphatic heterocycles. The van der Waals surface area contributed by atoms with E-state index in [4.69, 9.17) is 9.59 Å². The van der Waals surface area contributed by atoms with Crippen molar-refractivity contribution in [2.24, 2.45) is 0 Å². The van der Waals surface area contributed by atoms with Crippen LogP contribution >= 0.6 is 0 Å². The first kappa shape index (κ1) is 17.5. The van der Waals surface area contributed by atoms with E-state index >= 15 is 0 Å². The van der Waals surface area contributed by atoms with Gasteiger partial charge in [0.05, 0.1) is 4.90 Å². The van der Waals surface area contributed by atoms with Gasteiger partial charge in [0.2, 0.25) is 0 Å². The van der Waals surface area contributed by atoms with E-state index in [0.29, 0.717) is 4.90 Å². The average Bonchev–Trinajstić information content (AvgIpc) is 3.05. The number of hydrogen-bond acceptors (Lipinski definition) is 4. The highest BCUT2D eigenvalue weighted by Crippen LogP contribution is 2.12. The van der Waals surface area contributed by atoms with E-state index in [1.165, 1.54) is 16.4 Å². The van der Waals surface area contributed by atoms with Crippen LogP contribution in [0.3, 0.4) is 0 Å². The van der Waals surface area contributed by atoms with E-state index in [1.54, 1.807) is 42.5 Å². The molecule has 0 radical (unpaired) electrons. The molecular formula is C14H15NO4S. The number of nitrogens with zero attached hydrogens (tertiary/aromatic N) is 1. The van der Waals surface area contributed by atoms with E-state index in [0.717, 1.165) is 0 Å². The molecule has 0 saturated carbocycles. The van der Waals surface area contributed by atoms with E-state index in [-0.39, 0.29) is 12.6 Å². The number of benzene rings is 1. The average molecular weight is 293 g/mol. The predicted molar refractivity (Wildman–Crippen MR) is 76.8 cm³/mol. The molecular weight excluding hydrogens is 278 g/mol. The van der Waals surface area contributed by atoms with E-state index in [2.05, 4.69) is 13.2 Å². The smallest absolute Gasteiger partial charge is 0.267 e. The van der Waals surface area contributed by atoms with Gasteiger partial charge in [0.25, 0.3) is 10.0 Å². The Morgan fingerprint density at radius 3 is 1.70 bits per heavy atom. The SMILES string of the molecule is C=C.O=CC=O.O=S(=O)(c1ccccc1)n1cccc1. The highest BCUT2D eigenvalue weighted by molar-refractivity contribution is 7.90. The fourth-order valence-electron chi connectivity index (χ4n) is 1.19. The van der Waals surface area contributed by atoms with Crippen LogP contribution in [-0.4, -0.2) is 25.0 Å². The van der Waals surface area contributed by atoms with Gasteiger partial charge >= 0.3 is 0 Å². The van der Waals surface area contributed by atoms with Crippen molar-refractivity contribution in [3.8, 4) is 0 Å². The van der Waals surface area contributed by atoms with Crippen molar-refractivity contribution < 1.29 is 18.0 Å². The summed E-state index contributed by atoms with van der Waals surface area (Å²) in [5.74, 6) is 0. The molecule has 0 spiro atoms. The molecule has 20 heavy (non-hydrogen) atoms. The second-order valence-corrected chi connectivity index (χ2v) is 4.95. The van der Waals surface area contributed by atoms with Crippen molar-refractivity contribution in [2.45, 2.75) is 4.90 Å². The van der Waals surface area contributed by atoms with Crippen molar-refractivity contribution in [1.82, 2.24) is 3.97 Å². The molecule has 0 N–H and O–H groups in total. The summed E-state index contributed by atoms with van der Waals surface area (Å²) in [5.41, 5.74) is 0. The van der Waals surface area contributed by atoms with Crippen LogP contribution in [0.4, 0.5) is 0 Å². The van der Waals surface area contributed by atoms with Gasteiger partial charge in [-0.15, -0.1) is 13.2 Å². The lowest BCUT2D eigenvalue weighted by Gasteiger charge is -2.04. The second-order valence-electron chi connectivity index (χ2n) is 3.10. The summed E-state index contributed by atoms with van der Waals surface area (Å²) in [6.45, 7) is 6.00. The fourth-order valence-corrected chi connectivity index (χ4v) is 2.40. The Labute approximate surface area is 118 Å². The first-order valence-corrected chi connectivity index (χ1v) is 6.89. The minimum absolute atomic E-state index is 0.194. The van der Waals surface area contributed by atoms with Crippen LogP contribution in [0.15, 0.2) is 72.9 Å². The van der Waals surface area contributed by atoms with Crippen molar-refractivity contribution >= 4 is 22.6 Å². The molecule has 0 bridgehead atoms. The largest absolute Gasteiger partial charge is 0.295 e. The van der Waals surface area contributed by atoms with Crippen molar-refractivity contribution in [3.05, 3.63) is 68.0 Å². The molecule has 2 aromatic rings. The Morgan fingerprint density at radius 2 is 1.30 bits per heavy atom. The van der Waals surface area contributed by atoms with E-state index in [1.807, 2.05) is 0 Å². The Kier molecular flexibility index (Phi) is 8.29. The molecule has 0 saturated heterocycles. The lowest BCUT2D eigenvalue weighted by molar-refractivity contribution is -0.122. The molecule has 1 heterocycles. The molecule has 106 valence electrons. The van der Waals surface area contributed by atoms with Crippen LogP contribution in [-0.2, 0) is 19.6 Å². The Balaban J connectivity index is 0.000000521. The predicted octanol–water partition coefficient (Wildman–Crippen LogP) is 1.91. The Morgan fingerprint density at radius 1 is 0.850 bits per heavy atom. The van der Waals surface area contributed by atoms with Crippen LogP contribution in [0.2, 0.25) is 0 Å². The topological polar surface area (TPSA) is 73.2 Å². The zero-order valence-electron chi connectivity index (χ0n) is 10.8. The third-order valence-corrected chi connectivity index (χ3v) is 3.62. The van der Waals surface area contributed by atoms with Crippen molar-refractivity contribution in [3.63, 3.8) is 0 Å². The highest BCUT2D eigenvalue weighted by Gasteiger charge is 2.13. The second kappa shape index (κ2) is 9.46. The maximum Gasteiger partial charge on any atom is 0.267 e. The fraction of sp³-hybridized carbons (Fsp3) is 0. The summed E-state index contributed by atoms with van der Waals surface area (Å²) in [4.78, 5) is 17.9. The summed E-state index contributed by atoms with van der Waals surface area (Å²) >= 11 is 0. The van der Waals surface area contributed by atoms with Gasteiger partial charge < -0.3 is 0 Å². The summed E-state index contributed by atoms with van der Waals surface area (Å²) in [6, 6.07) is 11.7. The standard InChI is InChI=1S/C10H9NO2S.C2H2O2.C2H4/c12-14(13,11-8-4-5-9-11)10-6-2-1-3-7-10;3-1-2-4;1-2/h1-9H;1-2H;1-2H2. The van der Waals surface area contributed by atoms with Gasteiger partial charge in [-0.25, -0.2) is 12.4 Å². The molecule has 0 atom stereocenters. The lowest BCUT2D eigenvalue weighted by atomic mass is 10.4. The molecule has 1 aromatic carbocycles. The van der Waals surface area contributed by atoms with Gasteiger partial charge in [0.1, 0.15) is 0 Å². The van der Waals surface area contributed by atoms with Gasteiger partial charge in [-0.3, -0.25) is 9.59 Å². The van der Waals surface area contributed by atoms with Crippen LogP contribution in [0.5, 0.6) is 0 Å². The molecule has 2 rings (SSSR count). The zero-order chi connectivity index (χ0) is 15.4. The van der Waals surface area contributed by atoms with Crippen molar-refractivity contribution in [2.75, 3.05) is 0 Å². The van der Waals surface area contributed by atoms with E-state index in [9.17, 15) is 8.42 Å². The number of carbonyl (C=O) groups excluding carboxylic acids is 2. The summed E-state index contributed by atoms with van der Waals surface area (Å²) in [7, 11) is -3.38. The molecule has 6 heteroatoms.